The van der Waals surface area contributed by atoms with Crippen LogP contribution >= 0.6 is 0 Å². The smallest absolute Gasteiger partial charge is 0.366 e. The number of carbonyl (C=O) groups excluding carboxylic acids is 2. The number of nitrogens with one attached hydrogen (secondary N) is 1. The van der Waals surface area contributed by atoms with E-state index in [1.54, 1.807) is 18.2 Å². The van der Waals surface area contributed by atoms with Gasteiger partial charge >= 0.3 is 6.18 Å². The van der Waals surface area contributed by atoms with Crippen LogP contribution in [0, 0.1) is 17.5 Å². The fourth-order valence-electron chi connectivity index (χ4n) is 5.09. The minimum atomic E-state index is -4.74. The average Bonchev–Trinajstić information content (AvgIpc) is 3.31. The molecular weight excluding hydrogens is 576 g/mol. The molecule has 222 valence electrons. The van der Waals surface area contributed by atoms with Crippen LogP contribution in [-0.4, -0.2) is 26.6 Å². The van der Waals surface area contributed by atoms with Crippen LogP contribution in [0.1, 0.15) is 51.0 Å². The zero-order valence-electron chi connectivity index (χ0n) is 22.3. The van der Waals surface area contributed by atoms with Gasteiger partial charge in [0.25, 0.3) is 5.91 Å². The van der Waals surface area contributed by atoms with Gasteiger partial charge in [-0.05, 0) is 60.7 Å². The standard InChI is InChI=1S/C30H23F6N5O2/c31-18-10-16(11-19(32)14-18)12-24(27-20(5-3-9-38-27)17-7-8-23(33)22(13-17)29(37)43)39-26(42)15-41-25-6-2-1-4-21(25)28(40-41)30(34,35)36/h1,3-5,7-11,13-14,24H,2,6,12,15H2,(H2,37,43)(H,39,42)/t24-/m0/s1. The van der Waals surface area contributed by atoms with Crippen molar-refractivity contribution in [3.8, 4) is 11.1 Å². The second-order valence-electron chi connectivity index (χ2n) is 9.90. The molecule has 4 aromatic rings. The summed E-state index contributed by atoms with van der Waals surface area (Å²) in [5.41, 5.74) is 4.93. The summed E-state index contributed by atoms with van der Waals surface area (Å²) in [6.45, 7) is -0.579. The molecule has 1 aliphatic rings. The van der Waals surface area contributed by atoms with Gasteiger partial charge in [-0.25, -0.2) is 13.2 Å². The number of nitrogens with zero attached hydrogens (tertiary/aromatic N) is 3. The highest BCUT2D eigenvalue weighted by Crippen LogP contribution is 2.35. The van der Waals surface area contributed by atoms with Crippen LogP contribution in [0.25, 0.3) is 17.2 Å². The number of pyridine rings is 1. The van der Waals surface area contributed by atoms with Crippen LogP contribution < -0.4 is 11.1 Å². The molecule has 0 spiro atoms. The number of carbonyl (C=O) groups is 2. The van der Waals surface area contributed by atoms with Crippen molar-refractivity contribution in [2.24, 2.45) is 5.73 Å². The second kappa shape index (κ2) is 11.7. The fourth-order valence-corrected chi connectivity index (χ4v) is 5.09. The Morgan fingerprint density at radius 3 is 2.49 bits per heavy atom. The molecule has 43 heavy (non-hydrogen) atoms. The number of rotatable bonds is 8. The Hall–Kier alpha value is -4.94. The van der Waals surface area contributed by atoms with Crippen molar-refractivity contribution in [2.45, 2.75) is 38.0 Å². The van der Waals surface area contributed by atoms with Gasteiger partial charge in [0, 0.05) is 29.1 Å². The van der Waals surface area contributed by atoms with Crippen molar-refractivity contribution in [3.63, 3.8) is 0 Å². The van der Waals surface area contributed by atoms with E-state index in [4.69, 9.17) is 5.73 Å². The first-order valence-electron chi connectivity index (χ1n) is 13.0. The number of hydrogen-bond acceptors (Lipinski definition) is 4. The number of benzene rings is 2. The van der Waals surface area contributed by atoms with Crippen molar-refractivity contribution < 1.29 is 35.9 Å². The number of aromatic nitrogens is 3. The largest absolute Gasteiger partial charge is 0.435 e. The quantitative estimate of drug-likeness (QED) is 0.260. The number of hydrogen-bond donors (Lipinski definition) is 2. The zero-order chi connectivity index (χ0) is 30.9. The molecule has 0 saturated heterocycles. The van der Waals surface area contributed by atoms with E-state index in [2.05, 4.69) is 15.4 Å². The molecule has 0 bridgehead atoms. The topological polar surface area (TPSA) is 103 Å². The van der Waals surface area contributed by atoms with Gasteiger partial charge in [-0.15, -0.1) is 0 Å². The molecular formula is C30H23F6N5O2. The molecule has 0 unspecified atom stereocenters. The molecule has 2 heterocycles. The Morgan fingerprint density at radius 2 is 1.79 bits per heavy atom. The summed E-state index contributed by atoms with van der Waals surface area (Å²) in [4.78, 5) is 29.5. The Balaban J connectivity index is 1.53. The second-order valence-corrected chi connectivity index (χ2v) is 9.90. The van der Waals surface area contributed by atoms with Gasteiger partial charge in [-0.1, -0.05) is 24.3 Å². The average molecular weight is 600 g/mol. The number of primary amides is 1. The third-order valence-corrected chi connectivity index (χ3v) is 6.90. The Labute approximate surface area is 241 Å². The molecule has 2 aromatic heterocycles. The van der Waals surface area contributed by atoms with Crippen LogP contribution in [0.15, 0.2) is 60.8 Å². The number of allylic oxidation sites excluding steroid dienone is 1. The number of nitrogens with two attached hydrogens (primary N) is 1. The molecule has 2 amide bonds. The maximum absolute atomic E-state index is 14.2. The first kappa shape index (κ1) is 29.5. The number of alkyl halides is 3. The maximum Gasteiger partial charge on any atom is 0.435 e. The highest BCUT2D eigenvalue weighted by molar-refractivity contribution is 5.94. The normalized spacial score (nSPS) is 13.4. The molecule has 13 heteroatoms. The molecule has 7 nitrogen and oxygen atoms in total. The lowest BCUT2D eigenvalue weighted by atomic mass is 9.94. The summed E-state index contributed by atoms with van der Waals surface area (Å²) >= 11 is 0. The molecule has 0 aliphatic heterocycles. The van der Waals surface area contributed by atoms with Gasteiger partial charge in [0.05, 0.1) is 17.3 Å². The van der Waals surface area contributed by atoms with Gasteiger partial charge in [-0.2, -0.15) is 18.3 Å². The van der Waals surface area contributed by atoms with E-state index in [-0.39, 0.29) is 35.4 Å². The lowest BCUT2D eigenvalue weighted by Gasteiger charge is -2.22. The highest BCUT2D eigenvalue weighted by Gasteiger charge is 2.39. The van der Waals surface area contributed by atoms with E-state index in [9.17, 15) is 35.9 Å². The lowest BCUT2D eigenvalue weighted by Crippen LogP contribution is -2.34. The summed E-state index contributed by atoms with van der Waals surface area (Å²) in [5, 5.41) is 6.39. The summed E-state index contributed by atoms with van der Waals surface area (Å²) in [6, 6.07) is 8.49. The minimum absolute atomic E-state index is 0.105. The van der Waals surface area contributed by atoms with Crippen molar-refractivity contribution in [2.75, 3.05) is 0 Å². The van der Waals surface area contributed by atoms with Crippen LogP contribution in [0.2, 0.25) is 0 Å². The van der Waals surface area contributed by atoms with Crippen molar-refractivity contribution in [1.29, 1.82) is 0 Å². The van der Waals surface area contributed by atoms with Crippen LogP contribution in [0.4, 0.5) is 26.3 Å². The predicted octanol–water partition coefficient (Wildman–Crippen LogP) is 5.54. The predicted molar refractivity (Wildman–Crippen MR) is 144 cm³/mol. The summed E-state index contributed by atoms with van der Waals surface area (Å²) in [7, 11) is 0. The Morgan fingerprint density at radius 1 is 1.05 bits per heavy atom. The van der Waals surface area contributed by atoms with Gasteiger partial charge < -0.3 is 11.1 Å². The molecule has 0 radical (unpaired) electrons. The van der Waals surface area contributed by atoms with E-state index < -0.39 is 59.3 Å². The number of fused-ring (bicyclic) bond motifs is 1. The monoisotopic (exact) mass is 599 g/mol. The van der Waals surface area contributed by atoms with E-state index >= 15 is 0 Å². The van der Waals surface area contributed by atoms with Gasteiger partial charge in [0.15, 0.2) is 5.69 Å². The minimum Gasteiger partial charge on any atom is -0.366 e. The third-order valence-electron chi connectivity index (χ3n) is 6.90. The van der Waals surface area contributed by atoms with Crippen molar-refractivity contribution >= 4 is 17.9 Å². The first-order valence-corrected chi connectivity index (χ1v) is 13.0. The summed E-state index contributed by atoms with van der Waals surface area (Å²) < 4.78 is 84.2. The van der Waals surface area contributed by atoms with E-state index in [0.29, 0.717) is 23.6 Å². The van der Waals surface area contributed by atoms with Gasteiger partial charge in [0.1, 0.15) is 24.0 Å². The molecule has 2 aromatic carbocycles. The molecule has 1 atom stereocenters. The van der Waals surface area contributed by atoms with Gasteiger partial charge in [0.2, 0.25) is 5.91 Å². The fraction of sp³-hybridized carbons (Fsp3) is 0.200. The Kier molecular flexibility index (Phi) is 8.07. The number of amides is 2. The molecule has 1 aliphatic carbocycles. The van der Waals surface area contributed by atoms with Crippen LogP contribution in [-0.2, 0) is 30.4 Å². The molecule has 5 rings (SSSR count). The van der Waals surface area contributed by atoms with E-state index in [1.165, 1.54) is 24.4 Å². The Bertz CT molecular complexity index is 1730. The van der Waals surface area contributed by atoms with Crippen LogP contribution in [0.5, 0.6) is 0 Å². The SMILES string of the molecule is NC(=O)c1cc(-c2cccnc2[C@H](Cc2cc(F)cc(F)c2)NC(=O)Cn2nc(C(F)(F)F)c3c2CCC=C3)ccc1F. The highest BCUT2D eigenvalue weighted by atomic mass is 19.4. The van der Waals surface area contributed by atoms with E-state index in [1.807, 2.05) is 0 Å². The summed E-state index contributed by atoms with van der Waals surface area (Å²) in [5.74, 6) is -4.33. The van der Waals surface area contributed by atoms with Crippen molar-refractivity contribution in [1.82, 2.24) is 20.1 Å². The number of halogens is 6. The maximum atomic E-state index is 14.2. The molecule has 3 N–H and O–H groups in total. The van der Waals surface area contributed by atoms with Crippen molar-refractivity contribution in [3.05, 3.63) is 112 Å². The third kappa shape index (κ3) is 6.45. The van der Waals surface area contributed by atoms with Gasteiger partial charge in [-0.3, -0.25) is 19.3 Å². The first-order chi connectivity index (χ1) is 20.4. The van der Waals surface area contributed by atoms with E-state index in [0.717, 1.165) is 22.9 Å². The lowest BCUT2D eigenvalue weighted by molar-refractivity contribution is -0.142. The molecule has 0 fully saturated rings. The molecule has 0 saturated carbocycles. The van der Waals surface area contributed by atoms with Crippen LogP contribution in [0.3, 0.4) is 0 Å². The summed E-state index contributed by atoms with van der Waals surface area (Å²) in [6.07, 6.45) is 0.113. The zero-order valence-corrected chi connectivity index (χ0v) is 22.3.